The topological polar surface area (TPSA) is 21.3 Å². The fourth-order valence-electron chi connectivity index (χ4n) is 2.88. The zero-order valence-corrected chi connectivity index (χ0v) is 10.8. The van der Waals surface area contributed by atoms with Crippen molar-refractivity contribution >= 4 is 10.8 Å². The molecule has 0 radical (unpaired) electrons. The maximum absolute atomic E-state index is 5.67. The zero-order valence-electron chi connectivity index (χ0n) is 10.8. The first-order chi connectivity index (χ1) is 8.90. The van der Waals surface area contributed by atoms with E-state index < -0.39 is 0 Å². The maximum atomic E-state index is 5.67. The normalized spacial score (nSPS) is 19.9. The number of hydrogen-bond acceptors (Lipinski definition) is 2. The lowest BCUT2D eigenvalue weighted by Crippen LogP contribution is -2.27. The van der Waals surface area contributed by atoms with E-state index in [9.17, 15) is 0 Å². The molecule has 3 rings (SSSR count). The van der Waals surface area contributed by atoms with E-state index in [1.54, 1.807) is 7.11 Å². The molecule has 2 aromatic rings. The van der Waals surface area contributed by atoms with Gasteiger partial charge in [-0.3, -0.25) is 0 Å². The van der Waals surface area contributed by atoms with Gasteiger partial charge in [-0.25, -0.2) is 0 Å². The number of benzene rings is 2. The van der Waals surface area contributed by atoms with Crippen molar-refractivity contribution in [2.24, 2.45) is 0 Å². The van der Waals surface area contributed by atoms with Crippen molar-refractivity contribution in [2.45, 2.75) is 25.3 Å². The number of rotatable bonds is 2. The van der Waals surface area contributed by atoms with Gasteiger partial charge in [-0.2, -0.15) is 0 Å². The average molecular weight is 241 g/mol. The highest BCUT2D eigenvalue weighted by atomic mass is 16.5. The molecule has 0 aromatic heterocycles. The van der Waals surface area contributed by atoms with Gasteiger partial charge in [0, 0.05) is 17.0 Å². The second-order valence-electron chi connectivity index (χ2n) is 4.91. The summed E-state index contributed by atoms with van der Waals surface area (Å²) < 4.78 is 5.67. The Morgan fingerprint density at radius 2 is 2.00 bits per heavy atom. The van der Waals surface area contributed by atoms with Crippen LogP contribution in [0.4, 0.5) is 0 Å². The Morgan fingerprint density at radius 3 is 2.78 bits per heavy atom. The van der Waals surface area contributed by atoms with Gasteiger partial charge in [0.15, 0.2) is 0 Å². The molecule has 1 N–H and O–H groups in total. The predicted octanol–water partition coefficient (Wildman–Crippen LogP) is 3.66. The third-order valence-corrected chi connectivity index (χ3v) is 3.80. The van der Waals surface area contributed by atoms with E-state index >= 15 is 0 Å². The van der Waals surface area contributed by atoms with Gasteiger partial charge in [-0.15, -0.1) is 0 Å². The van der Waals surface area contributed by atoms with Gasteiger partial charge in [-0.05, 0) is 24.8 Å². The quantitative estimate of drug-likeness (QED) is 0.866. The number of nitrogens with one attached hydrogen (secondary N) is 1. The van der Waals surface area contributed by atoms with Crippen LogP contribution in [-0.4, -0.2) is 13.7 Å². The van der Waals surface area contributed by atoms with Crippen molar-refractivity contribution in [2.75, 3.05) is 13.7 Å². The molecule has 94 valence electrons. The average Bonchev–Trinajstić information content (AvgIpc) is 2.47. The zero-order chi connectivity index (χ0) is 12.4. The molecule has 0 bridgehead atoms. The molecule has 1 aliphatic heterocycles. The second kappa shape index (κ2) is 4.99. The van der Waals surface area contributed by atoms with Crippen molar-refractivity contribution in [3.63, 3.8) is 0 Å². The van der Waals surface area contributed by atoms with Crippen molar-refractivity contribution in [1.29, 1.82) is 0 Å². The summed E-state index contributed by atoms with van der Waals surface area (Å²) >= 11 is 0. The van der Waals surface area contributed by atoms with Crippen LogP contribution in [0.25, 0.3) is 10.8 Å². The summed E-state index contributed by atoms with van der Waals surface area (Å²) in [6, 6.07) is 13.3. The summed E-state index contributed by atoms with van der Waals surface area (Å²) in [7, 11) is 1.77. The van der Waals surface area contributed by atoms with E-state index in [0.717, 1.165) is 12.3 Å². The molecule has 1 saturated heterocycles. The first-order valence-corrected chi connectivity index (χ1v) is 6.69. The van der Waals surface area contributed by atoms with Gasteiger partial charge in [-0.1, -0.05) is 42.8 Å². The van der Waals surface area contributed by atoms with Crippen LogP contribution < -0.4 is 10.1 Å². The molecule has 0 amide bonds. The lowest BCUT2D eigenvalue weighted by Gasteiger charge is -2.26. The molecule has 2 nitrogen and oxygen atoms in total. The molecule has 2 heteroatoms. The minimum absolute atomic E-state index is 0.443. The minimum atomic E-state index is 0.443. The summed E-state index contributed by atoms with van der Waals surface area (Å²) in [6.07, 6.45) is 3.79. The van der Waals surface area contributed by atoms with Gasteiger partial charge in [0.25, 0.3) is 0 Å². The summed E-state index contributed by atoms with van der Waals surface area (Å²) in [5.74, 6) is 1.03. The van der Waals surface area contributed by atoms with Crippen molar-refractivity contribution < 1.29 is 4.74 Å². The SMILES string of the molecule is COc1c(C2CCCCN2)ccc2ccccc12. The van der Waals surface area contributed by atoms with Crippen molar-refractivity contribution in [3.8, 4) is 5.75 Å². The van der Waals surface area contributed by atoms with Crippen LogP contribution in [0.1, 0.15) is 30.9 Å². The van der Waals surface area contributed by atoms with Gasteiger partial charge in [0.1, 0.15) is 5.75 Å². The standard InChI is InChI=1S/C16H19NO/c1-18-16-13-7-3-2-6-12(13)9-10-14(16)15-8-4-5-11-17-15/h2-3,6-7,9-10,15,17H,4-5,8,11H2,1H3. The third kappa shape index (κ3) is 1.97. The van der Waals surface area contributed by atoms with Gasteiger partial charge in [0.2, 0.25) is 0 Å². The third-order valence-electron chi connectivity index (χ3n) is 3.80. The van der Waals surface area contributed by atoms with Gasteiger partial charge >= 0.3 is 0 Å². The van der Waals surface area contributed by atoms with Crippen molar-refractivity contribution in [3.05, 3.63) is 42.0 Å². The number of ether oxygens (including phenoxy) is 1. The van der Waals surface area contributed by atoms with Crippen LogP contribution in [0.15, 0.2) is 36.4 Å². The minimum Gasteiger partial charge on any atom is -0.496 e. The Bertz CT molecular complexity index is 544. The van der Waals surface area contributed by atoms with Crippen LogP contribution in [0, 0.1) is 0 Å². The fraction of sp³-hybridized carbons (Fsp3) is 0.375. The number of fused-ring (bicyclic) bond motifs is 1. The molecule has 0 aliphatic carbocycles. The van der Waals surface area contributed by atoms with E-state index in [2.05, 4.69) is 41.7 Å². The number of piperidine rings is 1. The Labute approximate surface area is 108 Å². The molecule has 1 fully saturated rings. The number of hydrogen-bond donors (Lipinski definition) is 1. The molecule has 0 saturated carbocycles. The van der Waals surface area contributed by atoms with E-state index in [1.165, 1.54) is 35.6 Å². The van der Waals surface area contributed by atoms with E-state index in [1.807, 2.05) is 0 Å². The van der Waals surface area contributed by atoms with Gasteiger partial charge in [0.05, 0.1) is 7.11 Å². The predicted molar refractivity (Wildman–Crippen MR) is 75.1 cm³/mol. The van der Waals surface area contributed by atoms with Crippen LogP contribution >= 0.6 is 0 Å². The Morgan fingerprint density at radius 1 is 1.11 bits per heavy atom. The smallest absolute Gasteiger partial charge is 0.131 e. The second-order valence-corrected chi connectivity index (χ2v) is 4.91. The van der Waals surface area contributed by atoms with Crippen molar-refractivity contribution in [1.82, 2.24) is 5.32 Å². The highest BCUT2D eigenvalue weighted by Gasteiger charge is 2.19. The monoisotopic (exact) mass is 241 g/mol. The molecule has 1 unspecified atom stereocenters. The number of methoxy groups -OCH3 is 1. The first-order valence-electron chi connectivity index (χ1n) is 6.69. The Hall–Kier alpha value is -1.54. The molecule has 18 heavy (non-hydrogen) atoms. The fourth-order valence-corrected chi connectivity index (χ4v) is 2.88. The van der Waals surface area contributed by atoms with E-state index in [0.29, 0.717) is 6.04 Å². The van der Waals surface area contributed by atoms with Gasteiger partial charge < -0.3 is 10.1 Å². The lowest BCUT2D eigenvalue weighted by atomic mass is 9.94. The van der Waals surface area contributed by atoms with E-state index in [-0.39, 0.29) is 0 Å². The molecular formula is C16H19NO. The summed E-state index contributed by atoms with van der Waals surface area (Å²) in [6.45, 7) is 1.11. The molecule has 2 aromatic carbocycles. The lowest BCUT2D eigenvalue weighted by molar-refractivity contribution is 0.377. The van der Waals surface area contributed by atoms with Crippen LogP contribution in [-0.2, 0) is 0 Å². The molecular weight excluding hydrogens is 222 g/mol. The first kappa shape index (κ1) is 11.5. The molecule has 1 aliphatic rings. The molecule has 0 spiro atoms. The highest BCUT2D eigenvalue weighted by Crippen LogP contribution is 2.36. The largest absolute Gasteiger partial charge is 0.496 e. The van der Waals surface area contributed by atoms with Crippen LogP contribution in [0.5, 0.6) is 5.75 Å². The highest BCUT2D eigenvalue weighted by molar-refractivity contribution is 5.89. The molecule has 1 heterocycles. The van der Waals surface area contributed by atoms with Crippen LogP contribution in [0.3, 0.4) is 0 Å². The summed E-state index contributed by atoms with van der Waals surface area (Å²) in [4.78, 5) is 0. The Kier molecular flexibility index (Phi) is 3.20. The maximum Gasteiger partial charge on any atom is 0.131 e. The molecule has 1 atom stereocenters. The van der Waals surface area contributed by atoms with E-state index in [4.69, 9.17) is 4.74 Å². The summed E-state index contributed by atoms with van der Waals surface area (Å²) in [5, 5.41) is 6.05. The van der Waals surface area contributed by atoms with Crippen LogP contribution in [0.2, 0.25) is 0 Å². The Balaban J connectivity index is 2.10. The summed E-state index contributed by atoms with van der Waals surface area (Å²) in [5.41, 5.74) is 1.30.